The highest BCUT2D eigenvalue weighted by atomic mass is 19.3. The molecule has 1 aliphatic carbocycles. The second-order valence-corrected chi connectivity index (χ2v) is 3.53. The second-order valence-electron chi connectivity index (χ2n) is 3.53. The Morgan fingerprint density at radius 1 is 1.46 bits per heavy atom. The molecule has 0 bridgehead atoms. The van der Waals surface area contributed by atoms with Crippen LogP contribution in [0, 0.1) is 6.92 Å². The second kappa shape index (κ2) is 2.47. The minimum Gasteiger partial charge on any atom is -0.241 e. The van der Waals surface area contributed by atoms with Crippen LogP contribution in [0.5, 0.6) is 0 Å². The summed E-state index contributed by atoms with van der Waals surface area (Å²) >= 11 is 0. The molecule has 0 unspecified atom stereocenters. The normalized spacial score (nSPS) is 24.5. The number of hydrogen-bond acceptors (Lipinski definition) is 2. The summed E-state index contributed by atoms with van der Waals surface area (Å²) in [6.07, 6.45) is 1.07. The van der Waals surface area contributed by atoms with E-state index in [0.29, 0.717) is 11.3 Å². The maximum absolute atomic E-state index is 13.3. The van der Waals surface area contributed by atoms with Crippen LogP contribution < -0.4 is 0 Å². The molecule has 1 atom stereocenters. The molecule has 0 radical (unpaired) electrons. The highest BCUT2D eigenvalue weighted by Crippen LogP contribution is 2.47. The molecule has 4 heteroatoms. The zero-order valence-corrected chi connectivity index (χ0v) is 7.51. The van der Waals surface area contributed by atoms with E-state index in [0.717, 1.165) is 0 Å². The molecule has 13 heavy (non-hydrogen) atoms. The number of fused-ring (bicyclic) bond motifs is 1. The lowest BCUT2D eigenvalue weighted by Gasteiger charge is -2.07. The van der Waals surface area contributed by atoms with Crippen molar-refractivity contribution in [3.8, 4) is 0 Å². The third-order valence-electron chi connectivity index (χ3n) is 2.48. The summed E-state index contributed by atoms with van der Waals surface area (Å²) in [6.45, 7) is 3.54. The molecule has 0 spiro atoms. The van der Waals surface area contributed by atoms with E-state index < -0.39 is 5.92 Å². The summed E-state index contributed by atoms with van der Waals surface area (Å²) in [5, 5.41) is 0. The Morgan fingerprint density at radius 3 is 2.77 bits per heavy atom. The average Bonchev–Trinajstić information content (AvgIpc) is 2.24. The maximum atomic E-state index is 13.3. The Morgan fingerprint density at radius 2 is 2.15 bits per heavy atom. The summed E-state index contributed by atoms with van der Waals surface area (Å²) in [4.78, 5) is 7.58. The molecule has 1 heterocycles. The zero-order valence-electron chi connectivity index (χ0n) is 7.51. The van der Waals surface area contributed by atoms with Crippen LogP contribution in [-0.4, -0.2) is 9.97 Å². The van der Waals surface area contributed by atoms with Gasteiger partial charge in [-0.25, -0.2) is 9.97 Å². The van der Waals surface area contributed by atoms with Gasteiger partial charge in [-0.15, -0.1) is 0 Å². The first-order chi connectivity index (χ1) is 6.02. The fourth-order valence-corrected chi connectivity index (χ4v) is 1.95. The molecule has 1 aliphatic rings. The molecule has 0 amide bonds. The van der Waals surface area contributed by atoms with Crippen molar-refractivity contribution in [1.82, 2.24) is 9.97 Å². The van der Waals surface area contributed by atoms with Gasteiger partial charge in [-0.1, -0.05) is 6.92 Å². The predicted octanol–water partition coefficient (Wildman–Crippen LogP) is 2.38. The van der Waals surface area contributed by atoms with Gasteiger partial charge in [0, 0.05) is 17.7 Å². The van der Waals surface area contributed by atoms with Crippen LogP contribution in [-0.2, 0) is 5.92 Å². The first-order valence-corrected chi connectivity index (χ1v) is 4.22. The van der Waals surface area contributed by atoms with Crippen molar-refractivity contribution < 1.29 is 8.78 Å². The third-order valence-corrected chi connectivity index (χ3v) is 2.48. The van der Waals surface area contributed by atoms with Crippen molar-refractivity contribution in [2.45, 2.75) is 32.1 Å². The smallest absolute Gasteiger partial charge is 0.241 e. The fourth-order valence-electron chi connectivity index (χ4n) is 1.95. The first kappa shape index (κ1) is 8.53. The molecule has 1 aromatic rings. The first-order valence-electron chi connectivity index (χ1n) is 4.22. The number of rotatable bonds is 0. The van der Waals surface area contributed by atoms with Gasteiger partial charge in [0.25, 0.3) is 5.92 Å². The number of alkyl halides is 2. The van der Waals surface area contributed by atoms with Gasteiger partial charge in [-0.05, 0) is 12.8 Å². The predicted molar refractivity (Wildman–Crippen MR) is 43.7 cm³/mol. The van der Waals surface area contributed by atoms with Crippen molar-refractivity contribution in [3.63, 3.8) is 0 Å². The number of aryl methyl sites for hydroxylation is 1. The monoisotopic (exact) mass is 184 g/mol. The number of nitrogens with zero attached hydrogens (tertiary/aromatic N) is 2. The number of halogens is 2. The highest BCUT2D eigenvalue weighted by Gasteiger charge is 2.45. The van der Waals surface area contributed by atoms with E-state index in [9.17, 15) is 8.78 Å². The maximum Gasteiger partial charge on any atom is 0.290 e. The van der Waals surface area contributed by atoms with Gasteiger partial charge in [0.15, 0.2) is 0 Å². The number of aromatic nitrogens is 2. The fraction of sp³-hybridized carbons (Fsp3) is 0.556. The Labute approximate surface area is 75.0 Å². The molecular weight excluding hydrogens is 174 g/mol. The SMILES string of the molecule is Cc1ncnc2c1[C@H](C)CC2(F)F. The highest BCUT2D eigenvalue weighted by molar-refractivity contribution is 5.35. The minimum atomic E-state index is -2.76. The van der Waals surface area contributed by atoms with Crippen molar-refractivity contribution in [1.29, 1.82) is 0 Å². The molecule has 2 rings (SSSR count). The van der Waals surface area contributed by atoms with Gasteiger partial charge in [0.2, 0.25) is 0 Å². The van der Waals surface area contributed by atoms with Crippen LogP contribution in [0.3, 0.4) is 0 Å². The molecule has 0 saturated carbocycles. The van der Waals surface area contributed by atoms with Crippen LogP contribution in [0.1, 0.15) is 36.2 Å². The summed E-state index contributed by atoms with van der Waals surface area (Å²) in [7, 11) is 0. The molecule has 2 nitrogen and oxygen atoms in total. The van der Waals surface area contributed by atoms with Gasteiger partial charge in [-0.2, -0.15) is 8.78 Å². The van der Waals surface area contributed by atoms with Gasteiger partial charge in [0.05, 0.1) is 0 Å². The minimum absolute atomic E-state index is 0.0764. The summed E-state index contributed by atoms with van der Waals surface area (Å²) in [5.74, 6) is -2.89. The standard InChI is InChI=1S/C9H10F2N2/c1-5-3-9(10,11)8-7(5)6(2)12-4-13-8/h4-5H,3H2,1-2H3/t5-/m1/s1. The van der Waals surface area contributed by atoms with Crippen molar-refractivity contribution >= 4 is 0 Å². The van der Waals surface area contributed by atoms with Crippen molar-refractivity contribution in [3.05, 3.63) is 23.3 Å². The van der Waals surface area contributed by atoms with Gasteiger partial charge in [0.1, 0.15) is 12.0 Å². The van der Waals surface area contributed by atoms with Gasteiger partial charge >= 0.3 is 0 Å². The van der Waals surface area contributed by atoms with E-state index in [1.807, 2.05) is 0 Å². The van der Waals surface area contributed by atoms with Crippen LogP contribution in [0.4, 0.5) is 8.78 Å². The van der Waals surface area contributed by atoms with Crippen LogP contribution in [0.15, 0.2) is 6.33 Å². The largest absolute Gasteiger partial charge is 0.290 e. The molecule has 70 valence electrons. The number of hydrogen-bond donors (Lipinski definition) is 0. The van der Waals surface area contributed by atoms with E-state index >= 15 is 0 Å². The van der Waals surface area contributed by atoms with Crippen molar-refractivity contribution in [2.24, 2.45) is 0 Å². The topological polar surface area (TPSA) is 25.8 Å². The molecule has 0 fully saturated rings. The van der Waals surface area contributed by atoms with Crippen LogP contribution >= 0.6 is 0 Å². The molecule has 0 saturated heterocycles. The lowest BCUT2D eigenvalue weighted by molar-refractivity contribution is -0.00977. The third kappa shape index (κ3) is 1.12. The van der Waals surface area contributed by atoms with Gasteiger partial charge in [-0.3, -0.25) is 0 Å². The Kier molecular flexibility index (Phi) is 1.62. The Bertz CT molecular complexity index is 349. The molecular formula is C9H10F2N2. The Hall–Kier alpha value is -1.06. The summed E-state index contributed by atoms with van der Waals surface area (Å²) in [5.41, 5.74) is 1.23. The van der Waals surface area contributed by atoms with E-state index in [1.54, 1.807) is 13.8 Å². The van der Waals surface area contributed by atoms with E-state index in [1.165, 1.54) is 6.33 Å². The summed E-state index contributed by atoms with van der Waals surface area (Å²) in [6, 6.07) is 0. The van der Waals surface area contributed by atoms with Crippen LogP contribution in [0.2, 0.25) is 0 Å². The van der Waals surface area contributed by atoms with E-state index in [4.69, 9.17) is 0 Å². The van der Waals surface area contributed by atoms with Crippen LogP contribution in [0.25, 0.3) is 0 Å². The van der Waals surface area contributed by atoms with Gasteiger partial charge < -0.3 is 0 Å². The lowest BCUT2D eigenvalue weighted by atomic mass is 10.0. The summed E-state index contributed by atoms with van der Waals surface area (Å²) < 4.78 is 26.6. The van der Waals surface area contributed by atoms with Crippen molar-refractivity contribution in [2.75, 3.05) is 0 Å². The van der Waals surface area contributed by atoms with E-state index in [2.05, 4.69) is 9.97 Å². The zero-order chi connectivity index (χ0) is 9.64. The average molecular weight is 184 g/mol. The molecule has 0 aliphatic heterocycles. The molecule has 1 aromatic heterocycles. The Balaban J connectivity index is 2.65. The lowest BCUT2D eigenvalue weighted by Crippen LogP contribution is -2.10. The molecule has 0 aromatic carbocycles. The van der Waals surface area contributed by atoms with E-state index in [-0.39, 0.29) is 18.0 Å². The molecule has 0 N–H and O–H groups in total. The quantitative estimate of drug-likeness (QED) is 0.618.